The summed E-state index contributed by atoms with van der Waals surface area (Å²) in [4.78, 5) is 2.65. The lowest BCUT2D eigenvalue weighted by Gasteiger charge is -2.42. The van der Waals surface area contributed by atoms with Gasteiger partial charge in [-0.15, -0.1) is 0 Å². The maximum absolute atomic E-state index is 2.67. The number of allylic oxidation sites excluding steroid dienone is 4. The largest absolute Gasteiger partial charge is 0.311 e. The van der Waals surface area contributed by atoms with Gasteiger partial charge in [-0.05, 0) is 111 Å². The number of rotatable bonds is 2. The lowest BCUT2D eigenvalue weighted by Crippen LogP contribution is -2.60. The average Bonchev–Trinajstić information content (AvgIpc) is 3.60. The summed E-state index contributed by atoms with van der Waals surface area (Å²) in [5.41, 5.74) is 23.1. The fourth-order valence-electron chi connectivity index (χ4n) is 10.1. The van der Waals surface area contributed by atoms with Crippen LogP contribution in [-0.2, 0) is 16.2 Å². The maximum atomic E-state index is 2.67. The van der Waals surface area contributed by atoms with Crippen molar-refractivity contribution in [1.82, 2.24) is 4.57 Å². The summed E-state index contributed by atoms with van der Waals surface area (Å²) >= 11 is 0. The quantitative estimate of drug-likeness (QED) is 0.164. The second-order valence-corrected chi connectivity index (χ2v) is 18.6. The van der Waals surface area contributed by atoms with Crippen LogP contribution < -0.4 is 21.3 Å². The number of nitrogens with zero attached hydrogens (tertiary/aromatic N) is 2. The molecule has 0 saturated heterocycles. The minimum absolute atomic E-state index is 0.00934. The fraction of sp³-hybridized carbons (Fsp3) is 0.280. The van der Waals surface area contributed by atoms with Gasteiger partial charge in [-0.3, -0.25) is 0 Å². The number of fused-ring (bicyclic) bond motifs is 9. The number of benzene rings is 5. The van der Waals surface area contributed by atoms with E-state index in [2.05, 4.69) is 181 Å². The Kier molecular flexibility index (Phi) is 6.64. The second kappa shape index (κ2) is 10.8. The minimum atomic E-state index is -0.0989. The summed E-state index contributed by atoms with van der Waals surface area (Å²) in [6.45, 7) is 21.3. The fourth-order valence-corrected chi connectivity index (χ4v) is 10.1. The van der Waals surface area contributed by atoms with Crippen LogP contribution in [0.5, 0.6) is 0 Å². The molecule has 3 heterocycles. The van der Waals surface area contributed by atoms with Crippen molar-refractivity contribution in [2.75, 3.05) is 4.90 Å². The Morgan fingerprint density at radius 3 is 2.17 bits per heavy atom. The summed E-state index contributed by atoms with van der Waals surface area (Å²) < 4.78 is 2.67. The van der Waals surface area contributed by atoms with E-state index in [1.165, 1.54) is 100 Å². The van der Waals surface area contributed by atoms with Crippen LogP contribution in [-0.4, -0.2) is 11.3 Å². The van der Waals surface area contributed by atoms with Crippen molar-refractivity contribution < 1.29 is 0 Å². The highest BCUT2D eigenvalue weighted by Gasteiger charge is 2.47. The van der Waals surface area contributed by atoms with Gasteiger partial charge in [0.25, 0.3) is 6.71 Å². The van der Waals surface area contributed by atoms with Crippen LogP contribution in [0.25, 0.3) is 33.4 Å². The molecule has 0 radical (unpaired) electrons. The molecular formula is C50H49BN2. The zero-order chi connectivity index (χ0) is 36.8. The monoisotopic (exact) mass is 688 g/mol. The molecule has 0 N–H and O–H groups in total. The van der Waals surface area contributed by atoms with Gasteiger partial charge in [-0.2, -0.15) is 0 Å². The van der Waals surface area contributed by atoms with Gasteiger partial charge in [0, 0.05) is 44.5 Å². The molecule has 2 aliphatic heterocycles. The van der Waals surface area contributed by atoms with E-state index in [4.69, 9.17) is 0 Å². The Morgan fingerprint density at radius 1 is 0.679 bits per heavy atom. The number of anilines is 3. The van der Waals surface area contributed by atoms with Gasteiger partial charge in [0.1, 0.15) is 0 Å². The van der Waals surface area contributed by atoms with E-state index in [1.807, 2.05) is 0 Å². The van der Waals surface area contributed by atoms with Crippen molar-refractivity contribution in [2.24, 2.45) is 0 Å². The first-order chi connectivity index (χ1) is 25.2. The molecule has 10 rings (SSSR count). The lowest BCUT2D eigenvalue weighted by atomic mass is 9.33. The van der Waals surface area contributed by atoms with Crippen LogP contribution in [0.4, 0.5) is 17.1 Å². The molecule has 0 saturated carbocycles. The normalized spacial score (nSPS) is 16.4. The summed E-state index contributed by atoms with van der Waals surface area (Å²) in [5, 5.41) is 1.39. The highest BCUT2D eigenvalue weighted by Crippen LogP contribution is 2.55. The Morgan fingerprint density at radius 2 is 1.42 bits per heavy atom. The van der Waals surface area contributed by atoms with Gasteiger partial charge in [0.05, 0.1) is 11.4 Å². The number of hydrogen-bond donors (Lipinski definition) is 0. The number of aryl methyl sites for hydroxylation is 1. The van der Waals surface area contributed by atoms with E-state index >= 15 is 0 Å². The molecular weight excluding hydrogens is 639 g/mol. The SMILES string of the molecule is Cc1cc2c3c(c1)-n1c4c(c5cccc(c51)B3c1ccc(C(C)(C)C)cc1N2c1ccc(C(C)(C)C)cc1C1=CC=CCC1)C(C)(C)c1ccccc1-4. The van der Waals surface area contributed by atoms with E-state index in [1.54, 1.807) is 0 Å². The molecule has 0 unspecified atom stereocenters. The Labute approximate surface area is 316 Å². The smallest absolute Gasteiger partial charge is 0.252 e. The first-order valence-electron chi connectivity index (χ1n) is 19.6. The van der Waals surface area contributed by atoms with E-state index < -0.39 is 0 Å². The molecule has 0 spiro atoms. The number of hydrogen-bond acceptors (Lipinski definition) is 1. The number of aromatic nitrogens is 1. The average molecular weight is 689 g/mol. The summed E-state index contributed by atoms with van der Waals surface area (Å²) in [7, 11) is 0. The highest BCUT2D eigenvalue weighted by atomic mass is 15.2. The molecule has 2 aliphatic carbocycles. The second-order valence-electron chi connectivity index (χ2n) is 18.6. The third-order valence-corrected chi connectivity index (χ3v) is 12.8. The molecule has 2 nitrogen and oxygen atoms in total. The first kappa shape index (κ1) is 32.6. The van der Waals surface area contributed by atoms with Crippen molar-refractivity contribution in [1.29, 1.82) is 0 Å². The van der Waals surface area contributed by atoms with Gasteiger partial charge in [0.15, 0.2) is 0 Å². The molecule has 4 aliphatic rings. The minimum Gasteiger partial charge on any atom is -0.311 e. The Balaban J connectivity index is 1.35. The number of para-hydroxylation sites is 1. The van der Waals surface area contributed by atoms with Gasteiger partial charge < -0.3 is 9.47 Å². The molecule has 0 atom stereocenters. The zero-order valence-electron chi connectivity index (χ0n) is 32.8. The van der Waals surface area contributed by atoms with Crippen LogP contribution in [0.15, 0.2) is 109 Å². The van der Waals surface area contributed by atoms with Crippen molar-refractivity contribution in [3.05, 3.63) is 143 Å². The van der Waals surface area contributed by atoms with E-state index in [9.17, 15) is 0 Å². The first-order valence-corrected chi connectivity index (χ1v) is 19.6. The van der Waals surface area contributed by atoms with Crippen molar-refractivity contribution >= 4 is 56.6 Å². The molecule has 5 aromatic carbocycles. The van der Waals surface area contributed by atoms with E-state index in [0.717, 1.165) is 12.8 Å². The summed E-state index contributed by atoms with van der Waals surface area (Å²) in [6.07, 6.45) is 9.03. The molecule has 3 heteroatoms. The van der Waals surface area contributed by atoms with Crippen molar-refractivity contribution in [3.63, 3.8) is 0 Å². The molecule has 6 aromatic rings. The van der Waals surface area contributed by atoms with Gasteiger partial charge in [0.2, 0.25) is 0 Å². The predicted molar refractivity (Wildman–Crippen MR) is 229 cm³/mol. The molecule has 0 amide bonds. The molecule has 53 heavy (non-hydrogen) atoms. The van der Waals surface area contributed by atoms with Gasteiger partial charge in [-0.1, -0.05) is 134 Å². The Hall–Kier alpha value is -5.02. The summed E-state index contributed by atoms with van der Waals surface area (Å²) in [6, 6.07) is 35.9. The van der Waals surface area contributed by atoms with Crippen LogP contribution in [0.2, 0.25) is 0 Å². The van der Waals surface area contributed by atoms with Crippen LogP contribution in [0.3, 0.4) is 0 Å². The van der Waals surface area contributed by atoms with Gasteiger partial charge in [-0.25, -0.2) is 0 Å². The van der Waals surface area contributed by atoms with Gasteiger partial charge >= 0.3 is 0 Å². The third-order valence-electron chi connectivity index (χ3n) is 12.8. The van der Waals surface area contributed by atoms with E-state index in [0.29, 0.717) is 0 Å². The highest BCUT2D eigenvalue weighted by molar-refractivity contribution is 7.00. The zero-order valence-corrected chi connectivity index (χ0v) is 32.8. The van der Waals surface area contributed by atoms with Crippen LogP contribution >= 0.6 is 0 Å². The molecule has 0 bridgehead atoms. The van der Waals surface area contributed by atoms with Crippen molar-refractivity contribution in [3.8, 4) is 16.9 Å². The molecule has 0 fully saturated rings. The van der Waals surface area contributed by atoms with E-state index in [-0.39, 0.29) is 23.0 Å². The standard InChI is InChI=1S/C50H49BN2/c1-30-26-42-45-43(27-30)53-46-35(44-47(53)34-18-13-14-20-37(34)50(44,8)9)19-15-21-39(46)51(45)38-24-22-33(49(5,6)7)29-41(38)52(42)40-25-23-32(48(2,3)4)28-36(40)31-16-11-10-12-17-31/h10-11,13-16,18-29H,12,17H2,1-9H3. The molecule has 262 valence electrons. The van der Waals surface area contributed by atoms with Crippen LogP contribution in [0.1, 0.15) is 102 Å². The third kappa shape index (κ3) is 4.46. The van der Waals surface area contributed by atoms with Crippen LogP contribution in [0, 0.1) is 6.92 Å². The lowest BCUT2D eigenvalue weighted by molar-refractivity contribution is 0.589. The molecule has 1 aromatic heterocycles. The Bertz CT molecular complexity index is 2630. The summed E-state index contributed by atoms with van der Waals surface area (Å²) in [5.74, 6) is 0. The van der Waals surface area contributed by atoms with Crippen molar-refractivity contribution in [2.45, 2.75) is 91.4 Å². The predicted octanol–water partition coefficient (Wildman–Crippen LogP) is 11.2. The maximum Gasteiger partial charge on any atom is 0.252 e. The topological polar surface area (TPSA) is 8.17 Å².